The number of aromatic nitrogens is 2. The Balaban J connectivity index is 0.971. The Morgan fingerprint density at radius 1 is 0.408 bits per heavy atom. The molecule has 0 amide bonds. The van der Waals surface area contributed by atoms with Crippen LogP contribution in [0.25, 0.3) is 65.9 Å². The number of rotatable bonds is 8. The van der Waals surface area contributed by atoms with Gasteiger partial charge in [0.15, 0.2) is 0 Å². The van der Waals surface area contributed by atoms with Crippen molar-refractivity contribution in [3.05, 3.63) is 146 Å². The monoisotopic (exact) mass is 640 g/mol. The molecule has 4 nitrogen and oxygen atoms in total. The highest BCUT2D eigenvalue weighted by Gasteiger charge is 2.22. The maximum atomic E-state index is 6.33. The van der Waals surface area contributed by atoms with Gasteiger partial charge in [-0.25, -0.2) is 0 Å². The molecule has 2 aromatic heterocycles. The summed E-state index contributed by atoms with van der Waals surface area (Å²) >= 11 is 0. The Hall–Kier alpha value is -5.74. The molecule has 0 bridgehead atoms. The van der Waals surface area contributed by atoms with Crippen LogP contribution < -0.4 is 18.6 Å². The van der Waals surface area contributed by atoms with E-state index in [0.29, 0.717) is 13.2 Å². The van der Waals surface area contributed by atoms with Crippen LogP contribution in [-0.2, 0) is 14.1 Å². The Labute approximate surface area is 287 Å². The van der Waals surface area contributed by atoms with Crippen molar-refractivity contribution in [2.75, 3.05) is 13.2 Å². The molecule has 0 radical (unpaired) electrons. The smallest absolute Gasteiger partial charge is 0.213 e. The van der Waals surface area contributed by atoms with E-state index in [2.05, 4.69) is 183 Å². The highest BCUT2D eigenvalue weighted by Crippen LogP contribution is 2.36. The zero-order chi connectivity index (χ0) is 33.5. The summed E-state index contributed by atoms with van der Waals surface area (Å²) < 4.78 is 17.2. The molecule has 0 aliphatic carbocycles. The third kappa shape index (κ3) is 5.63. The summed E-state index contributed by atoms with van der Waals surface area (Å²) in [5.41, 5.74) is 9.50. The molecule has 0 aliphatic heterocycles. The second-order valence-electron chi connectivity index (χ2n) is 13.7. The summed E-state index contributed by atoms with van der Waals surface area (Å²) in [6.45, 7) is 5.44. The van der Waals surface area contributed by atoms with Gasteiger partial charge in [0.25, 0.3) is 0 Å². The number of ether oxygens (including phenoxy) is 2. The van der Waals surface area contributed by atoms with Crippen LogP contribution in [0.15, 0.2) is 146 Å². The maximum Gasteiger partial charge on any atom is 0.213 e. The van der Waals surface area contributed by atoms with E-state index in [4.69, 9.17) is 9.47 Å². The minimum absolute atomic E-state index is 0.196. The average molecular weight is 641 g/mol. The normalized spacial score (nSPS) is 11.8. The molecule has 49 heavy (non-hydrogen) atoms. The molecule has 2 heterocycles. The molecule has 0 saturated heterocycles. The fourth-order valence-corrected chi connectivity index (χ4v) is 7.12. The summed E-state index contributed by atoms with van der Waals surface area (Å²) in [4.78, 5) is 0. The zero-order valence-corrected chi connectivity index (χ0v) is 28.5. The molecule has 0 saturated carbocycles. The van der Waals surface area contributed by atoms with Crippen molar-refractivity contribution >= 4 is 43.6 Å². The van der Waals surface area contributed by atoms with Gasteiger partial charge in [-0.2, -0.15) is 9.13 Å². The molecule has 240 valence electrons. The van der Waals surface area contributed by atoms with E-state index >= 15 is 0 Å². The second kappa shape index (κ2) is 12.4. The predicted octanol–water partition coefficient (Wildman–Crippen LogP) is 9.77. The van der Waals surface area contributed by atoms with Gasteiger partial charge in [0.1, 0.15) is 25.6 Å². The van der Waals surface area contributed by atoms with Crippen molar-refractivity contribution in [1.82, 2.24) is 0 Å². The summed E-state index contributed by atoms with van der Waals surface area (Å²) in [6, 6.07) is 51.5. The fourth-order valence-electron chi connectivity index (χ4n) is 7.12. The molecular weight excluding hydrogens is 601 g/mol. The first-order valence-electron chi connectivity index (χ1n) is 16.9. The Morgan fingerprint density at radius 3 is 1.00 bits per heavy atom. The summed E-state index contributed by atoms with van der Waals surface area (Å²) in [7, 11) is 4.28. The van der Waals surface area contributed by atoms with Gasteiger partial charge >= 0.3 is 0 Å². The van der Waals surface area contributed by atoms with Crippen LogP contribution in [0.1, 0.15) is 13.8 Å². The molecule has 8 rings (SSSR count). The number of aryl methyl sites for hydroxylation is 2. The molecule has 6 aromatic carbocycles. The van der Waals surface area contributed by atoms with Crippen LogP contribution in [0, 0.1) is 5.41 Å². The topological polar surface area (TPSA) is 26.2 Å². The molecule has 0 N–H and O–H groups in total. The van der Waals surface area contributed by atoms with Gasteiger partial charge < -0.3 is 9.47 Å². The molecule has 0 unspecified atom stereocenters. The third-order valence-corrected chi connectivity index (χ3v) is 9.68. The molecule has 0 atom stereocenters. The van der Waals surface area contributed by atoms with E-state index in [0.717, 1.165) is 11.5 Å². The third-order valence-electron chi connectivity index (χ3n) is 9.68. The minimum Gasteiger partial charge on any atom is -0.493 e. The maximum absolute atomic E-state index is 6.33. The van der Waals surface area contributed by atoms with Crippen molar-refractivity contribution in [2.45, 2.75) is 13.8 Å². The molecule has 8 aromatic rings. The van der Waals surface area contributed by atoms with Crippen LogP contribution in [-0.4, -0.2) is 13.2 Å². The number of para-hydroxylation sites is 4. The number of hydrogen-bond acceptors (Lipinski definition) is 2. The first-order chi connectivity index (χ1) is 23.9. The van der Waals surface area contributed by atoms with Crippen molar-refractivity contribution < 1.29 is 18.6 Å². The van der Waals surface area contributed by atoms with Crippen LogP contribution in [0.3, 0.4) is 0 Å². The number of benzene rings is 6. The Kier molecular flexibility index (Phi) is 7.72. The molecule has 0 fully saturated rings. The first-order valence-corrected chi connectivity index (χ1v) is 16.9. The van der Waals surface area contributed by atoms with E-state index in [1.54, 1.807) is 0 Å². The van der Waals surface area contributed by atoms with E-state index in [1.807, 2.05) is 0 Å². The lowest BCUT2D eigenvalue weighted by atomic mass is 9.95. The number of pyridine rings is 2. The minimum atomic E-state index is -0.196. The summed E-state index contributed by atoms with van der Waals surface area (Å²) in [6.07, 6.45) is 0. The largest absolute Gasteiger partial charge is 0.493 e. The SMILES string of the molecule is C[n+]1c2ccccc2c(-c2ccc(OCC(C)(C)COc3ccc(-c4c5ccccc5[n+](C)c5ccccc45)cc3)cc2)c2ccccc21. The van der Waals surface area contributed by atoms with Crippen molar-refractivity contribution in [3.8, 4) is 33.8 Å². The average Bonchev–Trinajstić information content (AvgIpc) is 3.14. The molecule has 0 spiro atoms. The number of fused-ring (bicyclic) bond motifs is 4. The first kappa shape index (κ1) is 30.6. The van der Waals surface area contributed by atoms with Crippen molar-refractivity contribution in [2.24, 2.45) is 19.5 Å². The van der Waals surface area contributed by atoms with E-state index in [-0.39, 0.29) is 5.41 Å². The van der Waals surface area contributed by atoms with Gasteiger partial charge in [-0.3, -0.25) is 0 Å². The van der Waals surface area contributed by atoms with Crippen LogP contribution in [0.2, 0.25) is 0 Å². The van der Waals surface area contributed by atoms with E-state index < -0.39 is 0 Å². The Bertz CT molecular complexity index is 2190. The lowest BCUT2D eigenvalue weighted by Gasteiger charge is -2.25. The number of nitrogens with zero attached hydrogens (tertiary/aromatic N) is 2. The molecule has 0 aliphatic rings. The fraction of sp³-hybridized carbons (Fsp3) is 0.156. The van der Waals surface area contributed by atoms with Crippen LogP contribution in [0.5, 0.6) is 11.5 Å². The van der Waals surface area contributed by atoms with E-state index in [9.17, 15) is 0 Å². The Morgan fingerprint density at radius 2 is 0.694 bits per heavy atom. The van der Waals surface area contributed by atoms with Crippen molar-refractivity contribution in [3.63, 3.8) is 0 Å². The predicted molar refractivity (Wildman–Crippen MR) is 201 cm³/mol. The lowest BCUT2D eigenvalue weighted by Crippen LogP contribution is -2.30. The molecule has 4 heteroatoms. The second-order valence-corrected chi connectivity index (χ2v) is 13.7. The van der Waals surface area contributed by atoms with Gasteiger partial charge in [-0.1, -0.05) is 86.6 Å². The number of hydrogen-bond donors (Lipinski definition) is 0. The van der Waals surface area contributed by atoms with Crippen LogP contribution >= 0.6 is 0 Å². The highest BCUT2D eigenvalue weighted by molar-refractivity contribution is 6.08. The lowest BCUT2D eigenvalue weighted by molar-refractivity contribution is -0.617. The van der Waals surface area contributed by atoms with Gasteiger partial charge in [-0.05, 0) is 59.7 Å². The zero-order valence-electron chi connectivity index (χ0n) is 28.5. The van der Waals surface area contributed by atoms with Crippen LogP contribution in [0.4, 0.5) is 0 Å². The summed E-state index contributed by atoms with van der Waals surface area (Å²) in [5.74, 6) is 1.71. The van der Waals surface area contributed by atoms with Gasteiger partial charge in [0.05, 0.1) is 34.8 Å². The van der Waals surface area contributed by atoms with Gasteiger partial charge in [-0.15, -0.1) is 0 Å². The quantitative estimate of drug-likeness (QED) is 0.122. The van der Waals surface area contributed by atoms with Crippen molar-refractivity contribution in [1.29, 1.82) is 0 Å². The molecular formula is C45H40N2O2+2. The standard InChI is InChI=1S/C45H40N2O2/c1-45(2,29-48-33-25-21-31(22-26-33)43-35-13-5-9-17-39(35)46(3)40-18-10-6-14-36(40)43)30-49-34-27-23-32(24-28-34)44-37-15-7-11-19-41(37)47(4)42-20-12-8-16-38(42)44/h5-28H,29-30H2,1-4H3/q+2. The highest BCUT2D eigenvalue weighted by atomic mass is 16.5. The van der Waals surface area contributed by atoms with Gasteiger partial charge in [0, 0.05) is 40.8 Å². The summed E-state index contributed by atoms with van der Waals surface area (Å²) in [5, 5.41) is 4.96. The van der Waals surface area contributed by atoms with E-state index in [1.165, 1.54) is 65.9 Å². The van der Waals surface area contributed by atoms with Gasteiger partial charge in [0.2, 0.25) is 22.1 Å².